The van der Waals surface area contributed by atoms with Crippen LogP contribution in [0, 0.1) is 0 Å². The number of nitrogens with one attached hydrogen (secondary N) is 1. The summed E-state index contributed by atoms with van der Waals surface area (Å²) >= 11 is 0. The first-order valence-electron chi connectivity index (χ1n) is 9.22. The molecular formula is C20H25N3O4S. The number of rotatable bonds is 6. The van der Waals surface area contributed by atoms with Gasteiger partial charge in [-0.15, -0.1) is 0 Å². The number of nitrogens with zero attached hydrogens (tertiary/aromatic N) is 2. The first-order chi connectivity index (χ1) is 13.4. The highest BCUT2D eigenvalue weighted by Gasteiger charge is 2.25. The molecule has 3 rings (SSSR count). The molecule has 1 N–H and O–H groups in total. The molecule has 1 amide bonds. The maximum absolute atomic E-state index is 13.0. The van der Waals surface area contributed by atoms with Crippen LogP contribution in [0.2, 0.25) is 0 Å². The smallest absolute Gasteiger partial charge is 0.256 e. The molecule has 1 fully saturated rings. The fraction of sp³-hybridized carbons (Fsp3) is 0.350. The lowest BCUT2D eigenvalue weighted by Crippen LogP contribution is -2.49. The average molecular weight is 404 g/mol. The molecule has 0 bridgehead atoms. The number of ether oxygens (including phenoxy) is 1. The van der Waals surface area contributed by atoms with Crippen LogP contribution in [0.25, 0.3) is 0 Å². The number of benzene rings is 2. The van der Waals surface area contributed by atoms with E-state index in [0.717, 1.165) is 17.7 Å². The monoisotopic (exact) mass is 403 g/mol. The van der Waals surface area contributed by atoms with Crippen LogP contribution >= 0.6 is 0 Å². The lowest BCUT2D eigenvalue weighted by atomic mass is 10.1. The predicted molar refractivity (Wildman–Crippen MR) is 111 cm³/mol. The van der Waals surface area contributed by atoms with Gasteiger partial charge in [-0.25, -0.2) is 8.42 Å². The summed E-state index contributed by atoms with van der Waals surface area (Å²) in [5.41, 5.74) is 1.69. The third kappa shape index (κ3) is 4.75. The maximum atomic E-state index is 13.0. The highest BCUT2D eigenvalue weighted by Crippen LogP contribution is 2.29. The summed E-state index contributed by atoms with van der Waals surface area (Å²) in [6, 6.07) is 14.6. The second-order valence-corrected chi connectivity index (χ2v) is 8.35. The number of amides is 1. The third-order valence-electron chi connectivity index (χ3n) is 4.53. The molecule has 2 aromatic carbocycles. The molecule has 0 saturated carbocycles. The summed E-state index contributed by atoms with van der Waals surface area (Å²) in [6.07, 6.45) is 1.07. The highest BCUT2D eigenvalue weighted by molar-refractivity contribution is 7.92. The number of sulfonamides is 1. The van der Waals surface area contributed by atoms with Gasteiger partial charge in [-0.05, 0) is 31.2 Å². The van der Waals surface area contributed by atoms with Crippen LogP contribution in [0.4, 0.5) is 11.4 Å². The van der Waals surface area contributed by atoms with E-state index in [-0.39, 0.29) is 5.91 Å². The Balaban J connectivity index is 1.72. The molecule has 7 nitrogen and oxygen atoms in total. The summed E-state index contributed by atoms with van der Waals surface area (Å²) in [4.78, 5) is 16.9. The molecule has 0 aromatic heterocycles. The minimum atomic E-state index is -3.46. The molecule has 1 saturated heterocycles. The molecule has 0 radical (unpaired) electrons. The van der Waals surface area contributed by atoms with E-state index in [9.17, 15) is 13.2 Å². The van der Waals surface area contributed by atoms with Crippen molar-refractivity contribution in [2.75, 3.05) is 48.7 Å². The van der Waals surface area contributed by atoms with Gasteiger partial charge in [0.15, 0.2) is 0 Å². The van der Waals surface area contributed by atoms with E-state index in [0.29, 0.717) is 44.0 Å². The zero-order valence-corrected chi connectivity index (χ0v) is 16.9. The fourth-order valence-electron chi connectivity index (χ4n) is 3.28. The van der Waals surface area contributed by atoms with E-state index in [2.05, 4.69) is 9.62 Å². The number of anilines is 2. The molecule has 8 heteroatoms. The van der Waals surface area contributed by atoms with Gasteiger partial charge in [0.25, 0.3) is 5.91 Å². The van der Waals surface area contributed by atoms with Gasteiger partial charge in [0, 0.05) is 26.2 Å². The number of para-hydroxylation sites is 3. The number of hydrogen-bond acceptors (Lipinski definition) is 5. The number of piperazine rings is 1. The Morgan fingerprint density at radius 3 is 2.36 bits per heavy atom. The van der Waals surface area contributed by atoms with Gasteiger partial charge in [-0.1, -0.05) is 24.3 Å². The van der Waals surface area contributed by atoms with Crippen LogP contribution < -0.4 is 14.4 Å². The van der Waals surface area contributed by atoms with Gasteiger partial charge in [-0.3, -0.25) is 9.52 Å². The van der Waals surface area contributed by atoms with E-state index >= 15 is 0 Å². The SMILES string of the molecule is CCOc1ccccc1N1CCN(C(=O)c2ccccc2NS(C)(=O)=O)CC1. The van der Waals surface area contributed by atoms with Crippen molar-refractivity contribution in [3.63, 3.8) is 0 Å². The average Bonchev–Trinajstić information content (AvgIpc) is 2.68. The molecule has 0 aliphatic carbocycles. The van der Waals surface area contributed by atoms with Crippen molar-refractivity contribution in [3.8, 4) is 5.75 Å². The second kappa shape index (κ2) is 8.52. The Labute approximate surface area is 166 Å². The van der Waals surface area contributed by atoms with Crippen LogP contribution in [-0.4, -0.2) is 58.3 Å². The first-order valence-corrected chi connectivity index (χ1v) is 11.1. The molecule has 1 aliphatic rings. The van der Waals surface area contributed by atoms with E-state index in [4.69, 9.17) is 4.74 Å². The normalized spacial score (nSPS) is 14.6. The summed E-state index contributed by atoms with van der Waals surface area (Å²) in [6.45, 7) is 5.00. The molecule has 2 aromatic rings. The number of hydrogen-bond donors (Lipinski definition) is 1. The van der Waals surface area contributed by atoms with Gasteiger partial charge in [0.2, 0.25) is 10.0 Å². The van der Waals surface area contributed by atoms with Crippen molar-refractivity contribution in [2.24, 2.45) is 0 Å². The lowest BCUT2D eigenvalue weighted by Gasteiger charge is -2.37. The summed E-state index contributed by atoms with van der Waals surface area (Å²) in [7, 11) is -3.46. The largest absolute Gasteiger partial charge is 0.492 e. The molecule has 1 heterocycles. The van der Waals surface area contributed by atoms with Crippen molar-refractivity contribution in [2.45, 2.75) is 6.92 Å². The Hall–Kier alpha value is -2.74. The van der Waals surface area contributed by atoms with Crippen molar-refractivity contribution in [3.05, 3.63) is 54.1 Å². The van der Waals surface area contributed by atoms with E-state index in [1.54, 1.807) is 29.2 Å². The van der Waals surface area contributed by atoms with Crippen LogP contribution in [0.5, 0.6) is 5.75 Å². The van der Waals surface area contributed by atoms with Crippen molar-refractivity contribution in [1.82, 2.24) is 4.90 Å². The minimum Gasteiger partial charge on any atom is -0.492 e. The molecule has 0 unspecified atom stereocenters. The molecule has 0 atom stereocenters. The van der Waals surface area contributed by atoms with Gasteiger partial charge in [-0.2, -0.15) is 0 Å². The minimum absolute atomic E-state index is 0.176. The van der Waals surface area contributed by atoms with Crippen molar-refractivity contribution >= 4 is 27.3 Å². The highest BCUT2D eigenvalue weighted by atomic mass is 32.2. The molecular weight excluding hydrogens is 378 g/mol. The van der Waals surface area contributed by atoms with Crippen LogP contribution in [-0.2, 0) is 10.0 Å². The van der Waals surface area contributed by atoms with Crippen LogP contribution in [0.15, 0.2) is 48.5 Å². The third-order valence-corrected chi connectivity index (χ3v) is 5.12. The van der Waals surface area contributed by atoms with Gasteiger partial charge >= 0.3 is 0 Å². The van der Waals surface area contributed by atoms with Crippen LogP contribution in [0.1, 0.15) is 17.3 Å². The number of carbonyl (C=O) groups excluding carboxylic acids is 1. The second-order valence-electron chi connectivity index (χ2n) is 6.60. The van der Waals surface area contributed by atoms with E-state index < -0.39 is 10.0 Å². The molecule has 150 valence electrons. The fourth-order valence-corrected chi connectivity index (χ4v) is 3.85. The quantitative estimate of drug-likeness (QED) is 0.801. The van der Waals surface area contributed by atoms with Crippen molar-refractivity contribution < 1.29 is 17.9 Å². The molecule has 0 spiro atoms. The molecule has 1 aliphatic heterocycles. The predicted octanol–water partition coefficient (Wildman–Crippen LogP) is 2.42. The Morgan fingerprint density at radius 1 is 1.04 bits per heavy atom. The Kier molecular flexibility index (Phi) is 6.08. The molecule has 28 heavy (non-hydrogen) atoms. The standard InChI is InChI=1S/C20H25N3O4S/c1-3-27-19-11-7-6-10-18(19)22-12-14-23(15-13-22)20(24)16-8-4-5-9-17(16)21-28(2,25)26/h4-11,21H,3,12-15H2,1-2H3. The topological polar surface area (TPSA) is 79.0 Å². The Morgan fingerprint density at radius 2 is 1.68 bits per heavy atom. The van der Waals surface area contributed by atoms with E-state index in [1.165, 1.54) is 0 Å². The lowest BCUT2D eigenvalue weighted by molar-refractivity contribution is 0.0747. The summed E-state index contributed by atoms with van der Waals surface area (Å²) in [5, 5.41) is 0. The summed E-state index contributed by atoms with van der Waals surface area (Å²) in [5.74, 6) is 0.664. The van der Waals surface area contributed by atoms with Crippen molar-refractivity contribution in [1.29, 1.82) is 0 Å². The zero-order chi connectivity index (χ0) is 20.1. The summed E-state index contributed by atoms with van der Waals surface area (Å²) < 4.78 is 31.3. The zero-order valence-electron chi connectivity index (χ0n) is 16.1. The first kappa shape index (κ1) is 20.0. The van der Waals surface area contributed by atoms with Gasteiger partial charge in [0.1, 0.15) is 5.75 Å². The Bertz CT molecular complexity index is 938. The van der Waals surface area contributed by atoms with Gasteiger partial charge in [0.05, 0.1) is 29.8 Å². The van der Waals surface area contributed by atoms with E-state index in [1.807, 2.05) is 31.2 Å². The maximum Gasteiger partial charge on any atom is 0.256 e. The number of carbonyl (C=O) groups is 1. The van der Waals surface area contributed by atoms with Crippen LogP contribution in [0.3, 0.4) is 0 Å². The van der Waals surface area contributed by atoms with Gasteiger partial charge < -0.3 is 14.5 Å².